The molecule has 4 heteroatoms. The van der Waals surface area contributed by atoms with Crippen molar-refractivity contribution in [3.8, 4) is 0 Å². The summed E-state index contributed by atoms with van der Waals surface area (Å²) >= 11 is 0. The Hall–Kier alpha value is -1.29. The lowest BCUT2D eigenvalue weighted by Gasteiger charge is -2.20. The minimum absolute atomic E-state index is 0.0128. The number of Topliss-reactive ketones (excluding diaryl/α,β-unsaturated/α-hetero) is 1. The Kier molecular flexibility index (Phi) is 3.84. The molecule has 1 aliphatic heterocycles. The van der Waals surface area contributed by atoms with Crippen LogP contribution in [-0.4, -0.2) is 19.0 Å². The average Bonchev–Trinajstić information content (AvgIpc) is 2.34. The Morgan fingerprint density at radius 3 is 2.65 bits per heavy atom. The molecule has 1 aliphatic rings. The van der Waals surface area contributed by atoms with Crippen LogP contribution >= 0.6 is 0 Å². The van der Waals surface area contributed by atoms with Gasteiger partial charge < -0.3 is 4.74 Å². The maximum absolute atomic E-state index is 13.4. The van der Waals surface area contributed by atoms with Crippen molar-refractivity contribution in [2.75, 3.05) is 13.2 Å². The molecule has 0 saturated carbocycles. The first kappa shape index (κ1) is 12.2. The minimum Gasteiger partial charge on any atom is -0.381 e. The molecule has 0 spiro atoms. The topological polar surface area (TPSA) is 26.3 Å². The fraction of sp³-hybridized carbons (Fsp3) is 0.462. The third-order valence-corrected chi connectivity index (χ3v) is 3.06. The summed E-state index contributed by atoms with van der Waals surface area (Å²) in [5, 5.41) is 0. The number of rotatable bonds is 3. The van der Waals surface area contributed by atoms with E-state index in [0.29, 0.717) is 26.1 Å². The van der Waals surface area contributed by atoms with Crippen LogP contribution in [0.1, 0.15) is 18.4 Å². The smallest absolute Gasteiger partial charge is 0.140 e. The molecule has 2 nitrogen and oxygen atoms in total. The summed E-state index contributed by atoms with van der Waals surface area (Å²) in [5.41, 5.74) is 0.267. The number of halogens is 2. The molecule has 0 unspecified atom stereocenters. The van der Waals surface area contributed by atoms with Crippen LogP contribution in [0.4, 0.5) is 8.78 Å². The van der Waals surface area contributed by atoms with E-state index in [0.717, 1.165) is 6.07 Å². The molecule has 0 atom stereocenters. The summed E-state index contributed by atoms with van der Waals surface area (Å²) < 4.78 is 31.2. The number of benzene rings is 1. The zero-order valence-corrected chi connectivity index (χ0v) is 9.42. The quantitative estimate of drug-likeness (QED) is 0.811. The summed E-state index contributed by atoms with van der Waals surface area (Å²) in [7, 11) is 0. The molecule has 0 aliphatic carbocycles. The van der Waals surface area contributed by atoms with Crippen molar-refractivity contribution in [3.05, 3.63) is 35.4 Å². The standard InChI is InChI=1S/C13H14F2O2/c14-11-2-1-10(12(15)8-11)7-13(16)9-3-5-17-6-4-9/h1-2,8-9H,3-7H2. The van der Waals surface area contributed by atoms with Gasteiger partial charge in [0, 0.05) is 31.6 Å². The second-order valence-electron chi connectivity index (χ2n) is 4.27. The molecule has 92 valence electrons. The fourth-order valence-corrected chi connectivity index (χ4v) is 2.02. The molecule has 0 N–H and O–H groups in total. The fourth-order valence-electron chi connectivity index (χ4n) is 2.02. The lowest BCUT2D eigenvalue weighted by molar-refractivity contribution is -0.125. The van der Waals surface area contributed by atoms with Crippen molar-refractivity contribution in [2.45, 2.75) is 19.3 Å². The Bertz CT molecular complexity index is 412. The summed E-state index contributed by atoms with van der Waals surface area (Å²) in [6, 6.07) is 3.32. The van der Waals surface area contributed by atoms with Crippen molar-refractivity contribution in [1.82, 2.24) is 0 Å². The molecule has 17 heavy (non-hydrogen) atoms. The molecule has 1 heterocycles. The molecular formula is C13H14F2O2. The highest BCUT2D eigenvalue weighted by molar-refractivity contribution is 5.83. The van der Waals surface area contributed by atoms with Crippen LogP contribution in [0.15, 0.2) is 18.2 Å². The Labute approximate surface area is 98.6 Å². The van der Waals surface area contributed by atoms with Crippen LogP contribution < -0.4 is 0 Å². The van der Waals surface area contributed by atoms with Crippen LogP contribution in [-0.2, 0) is 16.0 Å². The SMILES string of the molecule is O=C(Cc1ccc(F)cc1F)C1CCOCC1. The summed E-state index contributed by atoms with van der Waals surface area (Å²) in [6.45, 7) is 1.17. The van der Waals surface area contributed by atoms with E-state index in [1.165, 1.54) is 12.1 Å². The highest BCUT2D eigenvalue weighted by atomic mass is 19.1. The van der Waals surface area contributed by atoms with Crippen molar-refractivity contribution >= 4 is 5.78 Å². The molecule has 0 radical (unpaired) electrons. The first-order valence-corrected chi connectivity index (χ1v) is 5.71. The largest absolute Gasteiger partial charge is 0.381 e. The van der Waals surface area contributed by atoms with Gasteiger partial charge in [-0.25, -0.2) is 8.78 Å². The second-order valence-corrected chi connectivity index (χ2v) is 4.27. The summed E-state index contributed by atoms with van der Waals surface area (Å²) in [6.07, 6.45) is 1.43. The predicted octanol–water partition coefficient (Wildman–Crippen LogP) is 2.50. The Balaban J connectivity index is 2.02. The van der Waals surface area contributed by atoms with Gasteiger partial charge in [-0.05, 0) is 24.5 Å². The number of carbonyl (C=O) groups is 1. The van der Waals surface area contributed by atoms with Gasteiger partial charge in [-0.3, -0.25) is 4.79 Å². The molecule has 0 bridgehead atoms. The van der Waals surface area contributed by atoms with Gasteiger partial charge in [-0.15, -0.1) is 0 Å². The van der Waals surface area contributed by atoms with E-state index in [2.05, 4.69) is 0 Å². The average molecular weight is 240 g/mol. The number of hydrogen-bond donors (Lipinski definition) is 0. The van der Waals surface area contributed by atoms with Crippen LogP contribution in [0.2, 0.25) is 0 Å². The number of ketones is 1. The van der Waals surface area contributed by atoms with E-state index in [-0.39, 0.29) is 23.7 Å². The third kappa shape index (κ3) is 3.09. The highest BCUT2D eigenvalue weighted by Gasteiger charge is 2.22. The molecule has 2 rings (SSSR count). The Morgan fingerprint density at radius 2 is 2.00 bits per heavy atom. The van der Waals surface area contributed by atoms with Gasteiger partial charge in [0.2, 0.25) is 0 Å². The van der Waals surface area contributed by atoms with Gasteiger partial charge in [-0.1, -0.05) is 6.07 Å². The van der Waals surface area contributed by atoms with Gasteiger partial charge in [0.15, 0.2) is 0 Å². The van der Waals surface area contributed by atoms with Gasteiger partial charge in [0.25, 0.3) is 0 Å². The van der Waals surface area contributed by atoms with Crippen molar-refractivity contribution in [3.63, 3.8) is 0 Å². The summed E-state index contributed by atoms with van der Waals surface area (Å²) in [5.74, 6) is -1.30. The molecule has 0 aromatic heterocycles. The van der Waals surface area contributed by atoms with Gasteiger partial charge in [0.1, 0.15) is 17.4 Å². The van der Waals surface area contributed by atoms with Crippen LogP contribution in [0, 0.1) is 17.6 Å². The lowest BCUT2D eigenvalue weighted by Crippen LogP contribution is -2.25. The zero-order valence-electron chi connectivity index (χ0n) is 9.42. The number of hydrogen-bond acceptors (Lipinski definition) is 2. The van der Waals surface area contributed by atoms with E-state index in [1.807, 2.05) is 0 Å². The minimum atomic E-state index is -0.648. The normalized spacial score (nSPS) is 17.1. The van der Waals surface area contributed by atoms with Crippen LogP contribution in [0.5, 0.6) is 0 Å². The van der Waals surface area contributed by atoms with Crippen molar-refractivity contribution < 1.29 is 18.3 Å². The first-order valence-electron chi connectivity index (χ1n) is 5.71. The van der Waals surface area contributed by atoms with Gasteiger partial charge in [0.05, 0.1) is 0 Å². The summed E-state index contributed by atoms with van der Waals surface area (Å²) in [4.78, 5) is 11.9. The molecule has 1 fully saturated rings. The number of carbonyl (C=O) groups excluding carboxylic acids is 1. The van der Waals surface area contributed by atoms with E-state index in [9.17, 15) is 13.6 Å². The van der Waals surface area contributed by atoms with E-state index < -0.39 is 11.6 Å². The maximum Gasteiger partial charge on any atom is 0.140 e. The molecular weight excluding hydrogens is 226 g/mol. The lowest BCUT2D eigenvalue weighted by atomic mass is 9.91. The molecule has 0 amide bonds. The Morgan fingerprint density at radius 1 is 1.29 bits per heavy atom. The van der Waals surface area contributed by atoms with Gasteiger partial charge in [-0.2, -0.15) is 0 Å². The zero-order chi connectivity index (χ0) is 12.3. The van der Waals surface area contributed by atoms with E-state index >= 15 is 0 Å². The van der Waals surface area contributed by atoms with Crippen molar-refractivity contribution in [2.24, 2.45) is 5.92 Å². The van der Waals surface area contributed by atoms with Crippen LogP contribution in [0.3, 0.4) is 0 Å². The maximum atomic E-state index is 13.4. The molecule has 1 saturated heterocycles. The van der Waals surface area contributed by atoms with Gasteiger partial charge >= 0.3 is 0 Å². The first-order chi connectivity index (χ1) is 8.16. The second kappa shape index (κ2) is 5.36. The van der Waals surface area contributed by atoms with Crippen LogP contribution in [0.25, 0.3) is 0 Å². The number of ether oxygens (including phenoxy) is 1. The molecule has 1 aromatic rings. The third-order valence-electron chi connectivity index (χ3n) is 3.06. The van der Waals surface area contributed by atoms with E-state index in [1.54, 1.807) is 0 Å². The van der Waals surface area contributed by atoms with E-state index in [4.69, 9.17) is 4.74 Å². The predicted molar refractivity (Wildman–Crippen MR) is 58.6 cm³/mol. The monoisotopic (exact) mass is 240 g/mol. The highest BCUT2D eigenvalue weighted by Crippen LogP contribution is 2.19. The van der Waals surface area contributed by atoms with Crippen molar-refractivity contribution in [1.29, 1.82) is 0 Å². The molecule has 1 aromatic carbocycles.